The normalized spacial score (nSPS) is 12.8. The quantitative estimate of drug-likeness (QED) is 0.586. The lowest BCUT2D eigenvalue weighted by atomic mass is 10.1. The van der Waals surface area contributed by atoms with E-state index in [0.29, 0.717) is 12.0 Å². The molecule has 4 nitrogen and oxygen atoms in total. The standard InChI is InChI=1S/C20H21NO3S/c1-24-20(23)17-8-6-15(7-9-17)14-25-13-11-19(22)21-12-10-16-4-2-3-5-18(16)21/h2-9H,10-14H2,1H3. The molecule has 0 aliphatic carbocycles. The van der Waals surface area contributed by atoms with Gasteiger partial charge in [0.2, 0.25) is 5.91 Å². The first-order valence-corrected chi connectivity index (χ1v) is 9.48. The minimum Gasteiger partial charge on any atom is -0.465 e. The predicted molar refractivity (Wildman–Crippen MR) is 101 cm³/mol. The molecule has 25 heavy (non-hydrogen) atoms. The summed E-state index contributed by atoms with van der Waals surface area (Å²) in [5.41, 5.74) is 4.01. The van der Waals surface area contributed by atoms with Crippen molar-refractivity contribution in [3.05, 3.63) is 65.2 Å². The number of carbonyl (C=O) groups is 2. The molecule has 0 spiro atoms. The van der Waals surface area contributed by atoms with Crippen LogP contribution in [0.4, 0.5) is 5.69 Å². The second kappa shape index (κ2) is 8.21. The van der Waals surface area contributed by atoms with E-state index in [1.807, 2.05) is 35.2 Å². The first kappa shape index (κ1) is 17.5. The van der Waals surface area contributed by atoms with Crippen molar-refractivity contribution in [3.8, 4) is 0 Å². The van der Waals surface area contributed by atoms with Gasteiger partial charge in [0.25, 0.3) is 0 Å². The van der Waals surface area contributed by atoms with Crippen LogP contribution in [0.5, 0.6) is 0 Å². The summed E-state index contributed by atoms with van der Waals surface area (Å²) in [5, 5.41) is 0. The predicted octanol–water partition coefficient (Wildman–Crippen LogP) is 3.69. The first-order chi connectivity index (χ1) is 12.2. The number of fused-ring (bicyclic) bond motifs is 1. The minimum absolute atomic E-state index is 0.193. The lowest BCUT2D eigenvalue weighted by molar-refractivity contribution is -0.118. The summed E-state index contributed by atoms with van der Waals surface area (Å²) in [7, 11) is 1.38. The number of carbonyl (C=O) groups excluding carboxylic acids is 2. The van der Waals surface area contributed by atoms with E-state index in [-0.39, 0.29) is 11.9 Å². The number of ether oxygens (including phenoxy) is 1. The van der Waals surface area contributed by atoms with Crippen molar-refractivity contribution in [2.75, 3.05) is 24.3 Å². The fourth-order valence-corrected chi connectivity index (χ4v) is 3.83. The fourth-order valence-electron chi connectivity index (χ4n) is 2.94. The zero-order chi connectivity index (χ0) is 17.6. The summed E-state index contributed by atoms with van der Waals surface area (Å²) in [4.78, 5) is 25.7. The van der Waals surface area contributed by atoms with E-state index < -0.39 is 0 Å². The van der Waals surface area contributed by atoms with Gasteiger partial charge in [-0.3, -0.25) is 4.79 Å². The number of hydrogen-bond acceptors (Lipinski definition) is 4. The van der Waals surface area contributed by atoms with E-state index in [1.54, 1.807) is 23.9 Å². The molecule has 1 aliphatic heterocycles. The molecule has 0 unspecified atom stereocenters. The topological polar surface area (TPSA) is 46.6 Å². The van der Waals surface area contributed by atoms with E-state index in [4.69, 9.17) is 0 Å². The van der Waals surface area contributed by atoms with Gasteiger partial charge in [0.05, 0.1) is 12.7 Å². The van der Waals surface area contributed by atoms with E-state index in [1.165, 1.54) is 12.7 Å². The Balaban J connectivity index is 1.44. The largest absolute Gasteiger partial charge is 0.465 e. The zero-order valence-corrected chi connectivity index (χ0v) is 15.1. The average Bonchev–Trinajstić information content (AvgIpc) is 3.09. The SMILES string of the molecule is COC(=O)c1ccc(CSCCC(=O)N2CCc3ccccc32)cc1. The van der Waals surface area contributed by atoms with E-state index >= 15 is 0 Å². The summed E-state index contributed by atoms with van der Waals surface area (Å²) in [6, 6.07) is 15.5. The Morgan fingerprint density at radius 2 is 1.88 bits per heavy atom. The third-order valence-electron chi connectivity index (χ3n) is 4.29. The molecule has 0 bridgehead atoms. The van der Waals surface area contributed by atoms with Crippen molar-refractivity contribution < 1.29 is 14.3 Å². The molecule has 2 aromatic rings. The number of para-hydroxylation sites is 1. The third kappa shape index (κ3) is 4.23. The molecule has 5 heteroatoms. The molecule has 0 aromatic heterocycles. The molecule has 1 amide bonds. The highest BCUT2D eigenvalue weighted by molar-refractivity contribution is 7.98. The number of esters is 1. The van der Waals surface area contributed by atoms with Gasteiger partial charge in [0, 0.05) is 30.2 Å². The van der Waals surface area contributed by atoms with Crippen LogP contribution in [0.2, 0.25) is 0 Å². The lowest BCUT2D eigenvalue weighted by Crippen LogP contribution is -2.29. The van der Waals surface area contributed by atoms with Gasteiger partial charge >= 0.3 is 5.97 Å². The van der Waals surface area contributed by atoms with Crippen LogP contribution in [0, 0.1) is 0 Å². The second-order valence-electron chi connectivity index (χ2n) is 5.92. The highest BCUT2D eigenvalue weighted by atomic mass is 32.2. The van der Waals surface area contributed by atoms with E-state index in [0.717, 1.165) is 35.7 Å². The second-order valence-corrected chi connectivity index (χ2v) is 7.02. The number of benzene rings is 2. The molecular weight excluding hydrogens is 334 g/mol. The zero-order valence-electron chi connectivity index (χ0n) is 14.2. The van der Waals surface area contributed by atoms with Crippen LogP contribution in [0.15, 0.2) is 48.5 Å². The van der Waals surface area contributed by atoms with Gasteiger partial charge < -0.3 is 9.64 Å². The molecule has 2 aromatic carbocycles. The van der Waals surface area contributed by atoms with Crippen LogP contribution in [0.3, 0.4) is 0 Å². The Kier molecular flexibility index (Phi) is 5.76. The Morgan fingerprint density at radius 3 is 2.64 bits per heavy atom. The van der Waals surface area contributed by atoms with Crippen molar-refractivity contribution in [1.82, 2.24) is 0 Å². The van der Waals surface area contributed by atoms with Gasteiger partial charge in [-0.2, -0.15) is 11.8 Å². The van der Waals surface area contributed by atoms with Gasteiger partial charge in [-0.05, 0) is 35.7 Å². The van der Waals surface area contributed by atoms with Crippen molar-refractivity contribution in [2.24, 2.45) is 0 Å². The Bertz CT molecular complexity index is 758. The van der Waals surface area contributed by atoms with Gasteiger partial charge in [0.15, 0.2) is 0 Å². The number of methoxy groups -OCH3 is 1. The first-order valence-electron chi connectivity index (χ1n) is 8.32. The van der Waals surface area contributed by atoms with Gasteiger partial charge in [0.1, 0.15) is 0 Å². The van der Waals surface area contributed by atoms with E-state index in [9.17, 15) is 9.59 Å². The van der Waals surface area contributed by atoms with Crippen LogP contribution in [-0.4, -0.2) is 31.3 Å². The van der Waals surface area contributed by atoms with Crippen molar-refractivity contribution >= 4 is 29.3 Å². The molecule has 0 radical (unpaired) electrons. The third-order valence-corrected chi connectivity index (χ3v) is 5.32. The average molecular weight is 355 g/mol. The summed E-state index contributed by atoms with van der Waals surface area (Å²) in [6.45, 7) is 0.790. The van der Waals surface area contributed by atoms with E-state index in [2.05, 4.69) is 10.8 Å². The summed E-state index contributed by atoms with van der Waals surface area (Å²) in [5.74, 6) is 1.48. The molecule has 0 fully saturated rings. The molecule has 130 valence electrons. The number of nitrogens with zero attached hydrogens (tertiary/aromatic N) is 1. The Hall–Kier alpha value is -2.27. The van der Waals surface area contributed by atoms with Crippen LogP contribution < -0.4 is 4.90 Å². The molecule has 0 N–H and O–H groups in total. The van der Waals surface area contributed by atoms with Gasteiger partial charge in [-0.15, -0.1) is 0 Å². The lowest BCUT2D eigenvalue weighted by Gasteiger charge is -2.17. The van der Waals surface area contributed by atoms with Crippen molar-refractivity contribution in [2.45, 2.75) is 18.6 Å². The van der Waals surface area contributed by atoms with Crippen LogP contribution in [0.1, 0.15) is 27.9 Å². The number of amides is 1. The highest BCUT2D eigenvalue weighted by Gasteiger charge is 2.23. The van der Waals surface area contributed by atoms with Crippen LogP contribution >= 0.6 is 11.8 Å². The Labute approximate surface area is 152 Å². The number of anilines is 1. The monoisotopic (exact) mass is 355 g/mol. The maximum atomic E-state index is 12.4. The molecule has 1 aliphatic rings. The summed E-state index contributed by atoms with van der Waals surface area (Å²) < 4.78 is 4.69. The number of rotatable bonds is 6. The molecule has 0 atom stereocenters. The van der Waals surface area contributed by atoms with Gasteiger partial charge in [-0.1, -0.05) is 30.3 Å². The maximum Gasteiger partial charge on any atom is 0.337 e. The molecule has 0 saturated heterocycles. The van der Waals surface area contributed by atoms with Crippen LogP contribution in [-0.2, 0) is 21.7 Å². The molecule has 0 saturated carbocycles. The fraction of sp³-hybridized carbons (Fsp3) is 0.300. The summed E-state index contributed by atoms with van der Waals surface area (Å²) >= 11 is 1.73. The number of hydrogen-bond donors (Lipinski definition) is 0. The van der Waals surface area contributed by atoms with Crippen molar-refractivity contribution in [3.63, 3.8) is 0 Å². The minimum atomic E-state index is -0.323. The molecule has 3 rings (SSSR count). The maximum absolute atomic E-state index is 12.4. The van der Waals surface area contributed by atoms with Gasteiger partial charge in [-0.25, -0.2) is 4.79 Å². The number of thioether (sulfide) groups is 1. The Morgan fingerprint density at radius 1 is 1.12 bits per heavy atom. The molecule has 1 heterocycles. The van der Waals surface area contributed by atoms with Crippen molar-refractivity contribution in [1.29, 1.82) is 0 Å². The summed E-state index contributed by atoms with van der Waals surface area (Å²) in [6.07, 6.45) is 1.49. The molecular formula is C20H21NO3S. The van der Waals surface area contributed by atoms with Crippen LogP contribution in [0.25, 0.3) is 0 Å². The smallest absolute Gasteiger partial charge is 0.337 e. The highest BCUT2D eigenvalue weighted by Crippen LogP contribution is 2.28.